The number of benzene rings is 2. The lowest BCUT2D eigenvalue weighted by atomic mass is 9.93. The van der Waals surface area contributed by atoms with Gasteiger partial charge in [0, 0.05) is 5.70 Å². The standard InChI is InChI=1S/C23H25BrN2O5/c1-4-8-17-19(22(27)30-3)20(26-23(28)25-17)15-11-16(24)21(18(12-15)29-2)31-13-14-9-6-5-7-10-14/h5-7,9-12,20H,4,8,13H2,1-3H3,(H2,25,26,28). The van der Waals surface area contributed by atoms with Crippen molar-refractivity contribution in [3.05, 3.63) is 69.3 Å². The van der Waals surface area contributed by atoms with Crippen molar-refractivity contribution in [2.45, 2.75) is 32.4 Å². The van der Waals surface area contributed by atoms with Gasteiger partial charge in [0.15, 0.2) is 11.5 Å². The van der Waals surface area contributed by atoms with Crippen molar-refractivity contribution in [3.8, 4) is 11.5 Å². The summed E-state index contributed by atoms with van der Waals surface area (Å²) in [7, 11) is 2.87. The van der Waals surface area contributed by atoms with Gasteiger partial charge in [0.2, 0.25) is 0 Å². The van der Waals surface area contributed by atoms with E-state index in [1.807, 2.05) is 43.3 Å². The lowest BCUT2D eigenvalue weighted by Crippen LogP contribution is -2.45. The summed E-state index contributed by atoms with van der Waals surface area (Å²) >= 11 is 3.55. The summed E-state index contributed by atoms with van der Waals surface area (Å²) < 4.78 is 17.2. The Balaban J connectivity index is 1.99. The highest BCUT2D eigenvalue weighted by atomic mass is 79.9. The Hall–Kier alpha value is -3.00. The number of carbonyl (C=O) groups excluding carboxylic acids is 2. The molecule has 1 unspecified atom stereocenters. The number of allylic oxidation sites excluding steroid dienone is 1. The number of hydrogen-bond acceptors (Lipinski definition) is 5. The number of nitrogens with one attached hydrogen (secondary N) is 2. The molecule has 31 heavy (non-hydrogen) atoms. The van der Waals surface area contributed by atoms with Crippen LogP contribution in [0.25, 0.3) is 0 Å². The Morgan fingerprint density at radius 2 is 1.90 bits per heavy atom. The Morgan fingerprint density at radius 3 is 2.55 bits per heavy atom. The molecular formula is C23H25BrN2O5. The van der Waals surface area contributed by atoms with Crippen molar-refractivity contribution >= 4 is 27.9 Å². The molecule has 0 fully saturated rings. The number of ether oxygens (including phenoxy) is 3. The van der Waals surface area contributed by atoms with Crippen LogP contribution in [0.15, 0.2) is 58.2 Å². The minimum atomic E-state index is -0.684. The van der Waals surface area contributed by atoms with Crippen LogP contribution in [0.2, 0.25) is 0 Å². The van der Waals surface area contributed by atoms with Crippen LogP contribution < -0.4 is 20.1 Å². The number of esters is 1. The molecule has 2 amide bonds. The van der Waals surface area contributed by atoms with Gasteiger partial charge in [-0.2, -0.15) is 0 Å². The van der Waals surface area contributed by atoms with Gasteiger partial charge in [-0.05, 0) is 45.6 Å². The first-order valence-corrected chi connectivity index (χ1v) is 10.7. The highest BCUT2D eigenvalue weighted by molar-refractivity contribution is 9.10. The summed E-state index contributed by atoms with van der Waals surface area (Å²) in [5.74, 6) is 0.516. The summed E-state index contributed by atoms with van der Waals surface area (Å²) in [5, 5.41) is 5.55. The van der Waals surface area contributed by atoms with Gasteiger partial charge in [0.25, 0.3) is 0 Å². The van der Waals surface area contributed by atoms with Crippen LogP contribution in [0, 0.1) is 0 Å². The third-order valence-electron chi connectivity index (χ3n) is 4.87. The zero-order valence-corrected chi connectivity index (χ0v) is 19.2. The number of rotatable bonds is 8. The van der Waals surface area contributed by atoms with E-state index < -0.39 is 12.0 Å². The maximum Gasteiger partial charge on any atom is 0.337 e. The lowest BCUT2D eigenvalue weighted by molar-refractivity contribution is -0.136. The average molecular weight is 489 g/mol. The van der Waals surface area contributed by atoms with E-state index in [9.17, 15) is 9.59 Å². The van der Waals surface area contributed by atoms with Crippen molar-refractivity contribution < 1.29 is 23.8 Å². The minimum absolute atomic E-state index is 0.368. The second-order valence-electron chi connectivity index (χ2n) is 6.97. The molecule has 7 nitrogen and oxygen atoms in total. The van der Waals surface area contributed by atoms with E-state index in [-0.39, 0.29) is 6.03 Å². The molecule has 0 spiro atoms. The second-order valence-corrected chi connectivity index (χ2v) is 7.83. The predicted molar refractivity (Wildman–Crippen MR) is 120 cm³/mol. The summed E-state index contributed by atoms with van der Waals surface area (Å²) in [6.45, 7) is 2.34. The van der Waals surface area contributed by atoms with E-state index in [2.05, 4.69) is 26.6 Å². The Morgan fingerprint density at radius 1 is 1.16 bits per heavy atom. The molecule has 8 heteroatoms. The second kappa shape index (κ2) is 10.3. The molecule has 3 rings (SSSR count). The normalized spacial score (nSPS) is 15.7. The molecule has 0 radical (unpaired) electrons. The molecule has 164 valence electrons. The van der Waals surface area contributed by atoms with E-state index in [0.717, 1.165) is 12.0 Å². The molecule has 0 bridgehead atoms. The van der Waals surface area contributed by atoms with Crippen LogP contribution in [-0.4, -0.2) is 26.2 Å². The van der Waals surface area contributed by atoms with Crippen molar-refractivity contribution in [2.75, 3.05) is 14.2 Å². The van der Waals surface area contributed by atoms with Crippen molar-refractivity contribution in [1.82, 2.24) is 10.6 Å². The molecule has 1 heterocycles. The molecule has 1 aliphatic heterocycles. The number of urea groups is 1. The van der Waals surface area contributed by atoms with Crippen molar-refractivity contribution in [3.63, 3.8) is 0 Å². The number of hydrogen-bond donors (Lipinski definition) is 2. The van der Waals surface area contributed by atoms with Crippen molar-refractivity contribution in [2.24, 2.45) is 0 Å². The molecule has 0 saturated carbocycles. The molecule has 0 aliphatic carbocycles. The van der Waals surface area contributed by atoms with Gasteiger partial charge >= 0.3 is 12.0 Å². The summed E-state index contributed by atoms with van der Waals surface area (Å²) in [4.78, 5) is 24.8. The molecule has 0 aromatic heterocycles. The smallest absolute Gasteiger partial charge is 0.337 e. The van der Waals surface area contributed by atoms with Gasteiger partial charge in [0.1, 0.15) is 6.61 Å². The van der Waals surface area contributed by atoms with Crippen LogP contribution in [0.5, 0.6) is 11.5 Å². The van der Waals surface area contributed by atoms with Gasteiger partial charge < -0.3 is 24.8 Å². The fourth-order valence-electron chi connectivity index (χ4n) is 3.44. The van der Waals surface area contributed by atoms with Gasteiger partial charge in [0.05, 0.1) is 30.3 Å². The average Bonchev–Trinajstić information content (AvgIpc) is 2.77. The lowest BCUT2D eigenvalue weighted by Gasteiger charge is -2.29. The Kier molecular flexibility index (Phi) is 7.57. The van der Waals surface area contributed by atoms with Crippen molar-refractivity contribution in [1.29, 1.82) is 0 Å². The first-order valence-electron chi connectivity index (χ1n) is 9.91. The van der Waals surface area contributed by atoms with Gasteiger partial charge in [-0.25, -0.2) is 9.59 Å². The predicted octanol–water partition coefficient (Wildman–Crippen LogP) is 4.62. The first kappa shape index (κ1) is 22.7. The third-order valence-corrected chi connectivity index (χ3v) is 5.46. The fraction of sp³-hybridized carbons (Fsp3) is 0.304. The SMILES string of the molecule is CCCC1=C(C(=O)OC)C(c2cc(Br)c(OCc3ccccc3)c(OC)c2)NC(=O)N1. The largest absolute Gasteiger partial charge is 0.493 e. The number of halogens is 1. The number of carbonyl (C=O) groups is 2. The van der Waals surface area contributed by atoms with Crippen LogP contribution in [0.1, 0.15) is 36.9 Å². The van der Waals surface area contributed by atoms with Gasteiger partial charge in [-0.15, -0.1) is 0 Å². The fourth-order valence-corrected chi connectivity index (χ4v) is 4.02. The first-order chi connectivity index (χ1) is 15.0. The summed E-state index contributed by atoms with van der Waals surface area (Å²) in [6.07, 6.45) is 1.31. The summed E-state index contributed by atoms with van der Waals surface area (Å²) in [6, 6.07) is 12.3. The number of methoxy groups -OCH3 is 2. The highest BCUT2D eigenvalue weighted by Gasteiger charge is 2.34. The Labute approximate surface area is 189 Å². The zero-order valence-electron chi connectivity index (χ0n) is 17.7. The monoisotopic (exact) mass is 488 g/mol. The molecule has 2 aromatic rings. The topological polar surface area (TPSA) is 85.9 Å². The van der Waals surface area contributed by atoms with E-state index in [1.165, 1.54) is 7.11 Å². The third kappa shape index (κ3) is 5.19. The zero-order chi connectivity index (χ0) is 22.4. The van der Waals surface area contributed by atoms with Gasteiger partial charge in [-0.3, -0.25) is 0 Å². The van der Waals surface area contributed by atoms with Crippen LogP contribution in [0.3, 0.4) is 0 Å². The molecule has 1 aliphatic rings. The van der Waals surface area contributed by atoms with Gasteiger partial charge in [-0.1, -0.05) is 43.7 Å². The van der Waals surface area contributed by atoms with E-state index in [0.29, 0.717) is 45.8 Å². The van der Waals surface area contributed by atoms with E-state index >= 15 is 0 Å². The maximum atomic E-state index is 12.6. The van der Waals surface area contributed by atoms with Crippen LogP contribution in [-0.2, 0) is 16.1 Å². The van der Waals surface area contributed by atoms with E-state index in [4.69, 9.17) is 14.2 Å². The summed E-state index contributed by atoms with van der Waals surface area (Å²) in [5.41, 5.74) is 2.62. The maximum absolute atomic E-state index is 12.6. The minimum Gasteiger partial charge on any atom is -0.493 e. The molecule has 0 saturated heterocycles. The Bertz CT molecular complexity index is 991. The van der Waals surface area contributed by atoms with E-state index in [1.54, 1.807) is 13.2 Å². The highest BCUT2D eigenvalue weighted by Crippen LogP contribution is 2.41. The molecular weight excluding hydrogens is 464 g/mol. The molecule has 2 aromatic carbocycles. The molecule has 1 atom stereocenters. The van der Waals surface area contributed by atoms with Crippen LogP contribution in [0.4, 0.5) is 4.79 Å². The quantitative estimate of drug-likeness (QED) is 0.529. The molecule has 2 N–H and O–H groups in total. The number of amides is 2. The van der Waals surface area contributed by atoms with Crippen LogP contribution >= 0.6 is 15.9 Å².